The molecular weight excluding hydrogens is 1470 g/mol. The van der Waals surface area contributed by atoms with Gasteiger partial charge in [0, 0.05) is 88.3 Å². The van der Waals surface area contributed by atoms with Crippen molar-refractivity contribution >= 4 is 43.6 Å². The van der Waals surface area contributed by atoms with E-state index in [4.69, 9.17) is 39.4 Å². The van der Waals surface area contributed by atoms with E-state index in [2.05, 4.69) is 325 Å². The Bertz CT molecular complexity index is 7680. The smallest absolute Gasteiger partial charge is 0.164 e. The fraction of sp³-hybridized carbons (Fsp3) is 0.0182. The number of hydrogen-bond acceptors (Lipinski definition) is 8. The van der Waals surface area contributed by atoms with Gasteiger partial charge in [0.05, 0.1) is 44.3 Å². The van der Waals surface area contributed by atoms with E-state index in [0.717, 1.165) is 112 Å². The van der Waals surface area contributed by atoms with Gasteiger partial charge in [-0.15, -0.1) is 0 Å². The highest BCUT2D eigenvalue weighted by Gasteiger charge is 2.53. The highest BCUT2D eigenvalue weighted by Crippen LogP contribution is 2.64. The van der Waals surface area contributed by atoms with Crippen LogP contribution in [-0.2, 0) is 10.8 Å². The number of para-hydroxylation sites is 10. The Kier molecular flexibility index (Phi) is 15.6. The molecule has 2 spiro atoms. The predicted molar refractivity (Wildman–Crippen MR) is 481 cm³/mol. The first-order valence-corrected chi connectivity index (χ1v) is 40.6. The van der Waals surface area contributed by atoms with Gasteiger partial charge in [-0.3, -0.25) is 0 Å². The van der Waals surface area contributed by atoms with Crippen molar-refractivity contribution in [1.82, 2.24) is 39.0 Å². The van der Waals surface area contributed by atoms with Gasteiger partial charge in [0.1, 0.15) is 23.0 Å². The molecular formula is C110H68N8O2. The summed E-state index contributed by atoms with van der Waals surface area (Å²) in [5.41, 5.74) is 27.1. The molecule has 120 heavy (non-hydrogen) atoms. The van der Waals surface area contributed by atoms with Crippen molar-refractivity contribution in [2.45, 2.75) is 10.8 Å². The minimum atomic E-state index is -0.665. The highest BCUT2D eigenvalue weighted by atomic mass is 16.5. The first-order valence-electron chi connectivity index (χ1n) is 40.6. The lowest BCUT2D eigenvalue weighted by Crippen LogP contribution is -2.37. The molecule has 10 nitrogen and oxygen atoms in total. The average Bonchev–Trinajstić information content (AvgIpc) is 1.36. The predicted octanol–water partition coefficient (Wildman–Crippen LogP) is 26.5. The third kappa shape index (κ3) is 10.4. The molecule has 560 valence electrons. The van der Waals surface area contributed by atoms with Gasteiger partial charge < -0.3 is 18.6 Å². The Labute approximate surface area is 691 Å². The zero-order chi connectivity index (χ0) is 79.0. The normalized spacial score (nSPS) is 14.7. The maximum absolute atomic E-state index is 7.14. The van der Waals surface area contributed by atoms with Crippen molar-refractivity contribution in [3.63, 3.8) is 0 Å². The van der Waals surface area contributed by atoms with Crippen molar-refractivity contribution in [2.24, 2.45) is 0 Å². The summed E-state index contributed by atoms with van der Waals surface area (Å²) in [5.74, 6) is 7.08. The van der Waals surface area contributed by atoms with E-state index in [-0.39, 0.29) is 0 Å². The molecule has 17 aromatic carbocycles. The summed E-state index contributed by atoms with van der Waals surface area (Å²) in [5, 5.41) is 4.98. The van der Waals surface area contributed by atoms with Crippen LogP contribution in [0.1, 0.15) is 44.5 Å². The van der Waals surface area contributed by atoms with Crippen molar-refractivity contribution in [3.05, 3.63) is 457 Å². The number of ether oxygens (including phenoxy) is 2. The van der Waals surface area contributed by atoms with Gasteiger partial charge in [0.15, 0.2) is 34.9 Å². The van der Waals surface area contributed by atoms with Crippen LogP contribution in [-0.4, -0.2) is 39.0 Å². The number of nitrogens with zero attached hydrogens (tertiary/aromatic N) is 8. The number of benzene rings is 17. The average molecular weight is 1530 g/mol. The van der Waals surface area contributed by atoms with Crippen LogP contribution >= 0.6 is 0 Å². The molecule has 4 aliphatic rings. The Hall–Kier alpha value is -16.0. The molecule has 0 bridgehead atoms. The van der Waals surface area contributed by atoms with E-state index in [0.29, 0.717) is 34.9 Å². The number of hydrogen-bond donors (Lipinski definition) is 0. The standard InChI is InChI=1S/C58H36N4O.C52H32N4O/c1-3-16-37(17-4-1)38-32-34-40(35-33-38)56-59-55(39-18-5-2-6-19-39)60-57(61-56)42-21-13-20-41(36-42)43-23-14-28-49-54(43)63-52-31-12-9-26-47(52)58(49)46-25-8-11-30-51(46)62-50-29-10-7-22-44(50)45-24-15-27-48(58)53(45)62;1-3-16-33(17-4-1)49-53-50(34-18-5-2-6-19-34)55-51(54-49)36-21-13-20-35(32-36)37-23-14-28-43-48(37)57-46-31-12-9-26-41(46)52(43)40-25-8-11-30-45(40)56-44-29-10-7-22-38(44)39-24-15-27-42(52)47(39)56/h1-36H;1-32H. The van der Waals surface area contributed by atoms with Crippen molar-refractivity contribution in [1.29, 1.82) is 0 Å². The monoisotopic (exact) mass is 1530 g/mol. The Morgan fingerprint density at radius 1 is 0.192 bits per heavy atom. The van der Waals surface area contributed by atoms with Crippen LogP contribution in [0.15, 0.2) is 413 Å². The van der Waals surface area contributed by atoms with Gasteiger partial charge in [0.25, 0.3) is 0 Å². The maximum atomic E-state index is 7.14. The quantitative estimate of drug-likeness (QED) is 0.141. The molecule has 0 saturated carbocycles. The molecule has 25 rings (SSSR count). The topological polar surface area (TPSA) is 106 Å². The zero-order valence-electron chi connectivity index (χ0n) is 64.7. The minimum Gasteiger partial charge on any atom is -0.456 e. The molecule has 21 aromatic rings. The summed E-state index contributed by atoms with van der Waals surface area (Å²) >= 11 is 0. The summed E-state index contributed by atoms with van der Waals surface area (Å²) in [7, 11) is 0. The van der Waals surface area contributed by atoms with Crippen molar-refractivity contribution < 1.29 is 9.47 Å². The van der Waals surface area contributed by atoms with E-state index in [9.17, 15) is 0 Å². The van der Waals surface area contributed by atoms with E-state index in [1.54, 1.807) is 0 Å². The third-order valence-electron chi connectivity index (χ3n) is 24.6. The van der Waals surface area contributed by atoms with Gasteiger partial charge >= 0.3 is 0 Å². The molecule has 4 aromatic heterocycles. The number of fused-ring (bicyclic) bond motifs is 22. The van der Waals surface area contributed by atoms with E-state index >= 15 is 0 Å². The lowest BCUT2D eigenvalue weighted by Gasteiger charge is -2.45. The maximum Gasteiger partial charge on any atom is 0.164 e. The molecule has 2 unspecified atom stereocenters. The van der Waals surface area contributed by atoms with E-state index in [1.165, 1.54) is 77.2 Å². The van der Waals surface area contributed by atoms with Crippen LogP contribution in [0, 0.1) is 0 Å². The fourth-order valence-corrected chi connectivity index (χ4v) is 19.5. The van der Waals surface area contributed by atoms with Crippen LogP contribution in [0.25, 0.3) is 157 Å². The largest absolute Gasteiger partial charge is 0.456 e. The molecule has 10 heteroatoms. The van der Waals surface area contributed by atoms with Crippen LogP contribution in [0.5, 0.6) is 23.0 Å². The van der Waals surface area contributed by atoms with Crippen molar-refractivity contribution in [2.75, 3.05) is 0 Å². The van der Waals surface area contributed by atoms with E-state index in [1.807, 2.05) is 97.1 Å². The second kappa shape index (κ2) is 27.3. The van der Waals surface area contributed by atoms with Crippen LogP contribution in [0.3, 0.4) is 0 Å². The molecule has 0 radical (unpaired) electrons. The highest BCUT2D eigenvalue weighted by molar-refractivity contribution is 6.14. The van der Waals surface area contributed by atoms with Gasteiger partial charge in [0.2, 0.25) is 0 Å². The molecule has 0 amide bonds. The Balaban J connectivity index is 0.000000137. The summed E-state index contributed by atoms with van der Waals surface area (Å²) in [6.07, 6.45) is 0. The SMILES string of the molecule is c1ccc(-c2ccc(-c3nc(-c4ccccc4)nc(-c4cccc(-c5cccc6c5Oc5ccccc5C65c6ccccc6-n6c7ccccc7c7cccc5c76)c4)n3)cc2)cc1.c1ccc(-c2nc(-c3ccccc3)nc(-c3cccc(-c4cccc5c4Oc4ccccc4C54c5ccccc5-n5c6ccccc6c6cccc4c65)c3)n2)cc1. The second-order valence-corrected chi connectivity index (χ2v) is 31.0. The lowest BCUT2D eigenvalue weighted by molar-refractivity contribution is 0.435. The fourth-order valence-electron chi connectivity index (χ4n) is 19.5. The third-order valence-corrected chi connectivity index (χ3v) is 24.6. The Morgan fingerprint density at radius 3 is 0.892 bits per heavy atom. The van der Waals surface area contributed by atoms with E-state index < -0.39 is 10.8 Å². The molecule has 0 N–H and O–H groups in total. The van der Waals surface area contributed by atoms with Gasteiger partial charge in [-0.2, -0.15) is 0 Å². The first-order chi connectivity index (χ1) is 59.5. The minimum absolute atomic E-state index is 0.598. The van der Waals surface area contributed by atoms with Crippen LogP contribution in [0.4, 0.5) is 0 Å². The van der Waals surface area contributed by atoms with Gasteiger partial charge in [-0.1, -0.05) is 364 Å². The van der Waals surface area contributed by atoms with Crippen LogP contribution in [0.2, 0.25) is 0 Å². The summed E-state index contributed by atoms with van der Waals surface area (Å²) < 4.78 is 19.2. The summed E-state index contributed by atoms with van der Waals surface area (Å²) in [6, 6.07) is 146. The molecule has 0 saturated heterocycles. The Morgan fingerprint density at radius 2 is 0.467 bits per heavy atom. The first kappa shape index (κ1) is 68.4. The molecule has 8 heterocycles. The molecule has 2 atom stereocenters. The van der Waals surface area contributed by atoms with Crippen LogP contribution < -0.4 is 9.47 Å². The molecule has 0 aliphatic carbocycles. The van der Waals surface area contributed by atoms with Gasteiger partial charge in [-0.25, -0.2) is 29.9 Å². The molecule has 0 fully saturated rings. The number of rotatable bonds is 9. The summed E-state index contributed by atoms with van der Waals surface area (Å²) in [6.45, 7) is 0. The van der Waals surface area contributed by atoms with Gasteiger partial charge in [-0.05, 0) is 93.0 Å². The molecule has 4 aliphatic heterocycles. The second-order valence-electron chi connectivity index (χ2n) is 31.0. The number of aromatic nitrogens is 8. The lowest BCUT2D eigenvalue weighted by atomic mass is 9.61. The van der Waals surface area contributed by atoms with Crippen molar-refractivity contribution in [3.8, 4) is 136 Å². The summed E-state index contributed by atoms with van der Waals surface area (Å²) in [4.78, 5) is 30.3. The zero-order valence-corrected chi connectivity index (χ0v) is 64.7.